The van der Waals surface area contributed by atoms with Crippen molar-refractivity contribution in [3.63, 3.8) is 0 Å². The average molecular weight is 365 g/mol. The molecule has 0 N–H and O–H groups in total. The minimum absolute atomic E-state index is 0.779. The fraction of sp³-hybridized carbons (Fsp3) is 0.238. The number of hydrogen-bond donors (Lipinski definition) is 0. The van der Waals surface area contributed by atoms with E-state index in [1.165, 1.54) is 11.3 Å². The van der Waals surface area contributed by atoms with Gasteiger partial charge in [-0.1, -0.05) is 47.5 Å². The van der Waals surface area contributed by atoms with Crippen molar-refractivity contribution >= 4 is 23.1 Å². The number of halogens is 1. The SMILES string of the molecule is Cc1ccc(-c2cncc(N3CCN(c4cccc(Cl)c4)CC3)n2)cc1. The Hall–Kier alpha value is -2.59. The monoisotopic (exact) mass is 364 g/mol. The summed E-state index contributed by atoms with van der Waals surface area (Å²) in [6, 6.07) is 16.4. The summed E-state index contributed by atoms with van der Waals surface area (Å²) in [4.78, 5) is 13.9. The normalized spacial score (nSPS) is 14.5. The zero-order chi connectivity index (χ0) is 17.9. The lowest BCUT2D eigenvalue weighted by atomic mass is 10.1. The second kappa shape index (κ2) is 7.34. The molecule has 1 saturated heterocycles. The molecule has 0 aliphatic carbocycles. The van der Waals surface area contributed by atoms with Crippen molar-refractivity contribution in [3.8, 4) is 11.3 Å². The van der Waals surface area contributed by atoms with Crippen LogP contribution in [0.5, 0.6) is 0 Å². The van der Waals surface area contributed by atoms with Gasteiger partial charge in [-0.25, -0.2) is 4.98 Å². The molecule has 0 bridgehead atoms. The Kier molecular flexibility index (Phi) is 4.76. The molecule has 0 amide bonds. The molecular formula is C21H21ClN4. The number of nitrogens with zero attached hydrogens (tertiary/aromatic N) is 4. The van der Waals surface area contributed by atoms with E-state index in [2.05, 4.69) is 52.0 Å². The van der Waals surface area contributed by atoms with Gasteiger partial charge < -0.3 is 9.80 Å². The predicted molar refractivity (Wildman–Crippen MR) is 108 cm³/mol. The lowest BCUT2D eigenvalue weighted by molar-refractivity contribution is 0.646. The Morgan fingerprint density at radius 2 is 1.62 bits per heavy atom. The quantitative estimate of drug-likeness (QED) is 0.688. The van der Waals surface area contributed by atoms with E-state index in [4.69, 9.17) is 16.6 Å². The van der Waals surface area contributed by atoms with Gasteiger partial charge in [-0.15, -0.1) is 0 Å². The number of aryl methyl sites for hydroxylation is 1. The molecule has 26 heavy (non-hydrogen) atoms. The largest absolute Gasteiger partial charge is 0.368 e. The fourth-order valence-corrected chi connectivity index (χ4v) is 3.42. The summed E-state index contributed by atoms with van der Waals surface area (Å²) in [5.41, 5.74) is 4.44. The number of benzene rings is 2. The molecule has 0 saturated carbocycles. The van der Waals surface area contributed by atoms with Crippen molar-refractivity contribution < 1.29 is 0 Å². The third kappa shape index (κ3) is 3.65. The molecule has 2 heterocycles. The van der Waals surface area contributed by atoms with E-state index in [0.717, 1.165) is 48.3 Å². The zero-order valence-corrected chi connectivity index (χ0v) is 15.5. The maximum Gasteiger partial charge on any atom is 0.147 e. The first kappa shape index (κ1) is 16.9. The van der Waals surface area contributed by atoms with Crippen molar-refractivity contribution in [3.05, 3.63) is 71.5 Å². The van der Waals surface area contributed by atoms with Crippen molar-refractivity contribution in [2.24, 2.45) is 0 Å². The van der Waals surface area contributed by atoms with Gasteiger partial charge >= 0.3 is 0 Å². The Morgan fingerprint density at radius 3 is 2.35 bits per heavy atom. The summed E-state index contributed by atoms with van der Waals surface area (Å²) in [5, 5.41) is 0.779. The van der Waals surface area contributed by atoms with Crippen LogP contribution in [0.2, 0.25) is 5.02 Å². The van der Waals surface area contributed by atoms with E-state index in [1.807, 2.05) is 30.6 Å². The Morgan fingerprint density at radius 1 is 0.885 bits per heavy atom. The molecule has 0 radical (unpaired) electrons. The second-order valence-corrected chi connectivity index (χ2v) is 7.02. The molecule has 5 heteroatoms. The Labute approximate surface area is 159 Å². The van der Waals surface area contributed by atoms with Gasteiger partial charge in [0.25, 0.3) is 0 Å². The van der Waals surface area contributed by atoms with Gasteiger partial charge in [-0.3, -0.25) is 4.98 Å². The van der Waals surface area contributed by atoms with E-state index in [9.17, 15) is 0 Å². The van der Waals surface area contributed by atoms with Crippen LogP contribution in [-0.2, 0) is 0 Å². The zero-order valence-electron chi connectivity index (χ0n) is 14.8. The first-order chi connectivity index (χ1) is 12.7. The van der Waals surface area contributed by atoms with Crippen molar-refractivity contribution in [1.82, 2.24) is 9.97 Å². The van der Waals surface area contributed by atoms with Crippen LogP contribution >= 0.6 is 11.6 Å². The molecule has 132 valence electrons. The van der Waals surface area contributed by atoms with Crippen LogP contribution in [0.25, 0.3) is 11.3 Å². The van der Waals surface area contributed by atoms with Crippen LogP contribution < -0.4 is 9.80 Å². The highest BCUT2D eigenvalue weighted by Gasteiger charge is 2.19. The topological polar surface area (TPSA) is 32.3 Å². The molecule has 0 unspecified atom stereocenters. The number of piperazine rings is 1. The first-order valence-electron chi connectivity index (χ1n) is 8.83. The summed E-state index contributed by atoms with van der Waals surface area (Å²) in [7, 11) is 0. The molecule has 2 aromatic carbocycles. The van der Waals surface area contributed by atoms with Crippen LogP contribution in [0.15, 0.2) is 60.9 Å². The summed E-state index contributed by atoms with van der Waals surface area (Å²) in [6.07, 6.45) is 3.68. The molecule has 1 aliphatic heterocycles. The van der Waals surface area contributed by atoms with Crippen molar-refractivity contribution in [2.75, 3.05) is 36.0 Å². The van der Waals surface area contributed by atoms with Gasteiger partial charge in [0, 0.05) is 42.5 Å². The Bertz CT molecular complexity index is 887. The highest BCUT2D eigenvalue weighted by Crippen LogP contribution is 2.24. The van der Waals surface area contributed by atoms with Gasteiger partial charge in [0.2, 0.25) is 0 Å². The summed E-state index contributed by atoms with van der Waals surface area (Å²) in [6.45, 7) is 5.80. The minimum Gasteiger partial charge on any atom is -0.368 e. The van der Waals surface area contributed by atoms with Gasteiger partial charge in [0.1, 0.15) is 5.82 Å². The molecule has 1 fully saturated rings. The first-order valence-corrected chi connectivity index (χ1v) is 9.21. The number of aromatic nitrogens is 2. The van der Waals surface area contributed by atoms with E-state index in [1.54, 1.807) is 0 Å². The number of hydrogen-bond acceptors (Lipinski definition) is 4. The molecule has 0 spiro atoms. The highest BCUT2D eigenvalue weighted by molar-refractivity contribution is 6.30. The molecule has 4 rings (SSSR count). The molecule has 1 aliphatic rings. The predicted octanol–water partition coefficient (Wildman–Crippen LogP) is 4.43. The van der Waals surface area contributed by atoms with Gasteiger partial charge in [0.05, 0.1) is 18.1 Å². The van der Waals surface area contributed by atoms with Gasteiger partial charge in [0.15, 0.2) is 0 Å². The lowest BCUT2D eigenvalue weighted by Gasteiger charge is -2.36. The van der Waals surface area contributed by atoms with E-state index >= 15 is 0 Å². The minimum atomic E-state index is 0.779. The fourth-order valence-electron chi connectivity index (χ4n) is 3.24. The van der Waals surface area contributed by atoms with E-state index in [0.29, 0.717) is 0 Å². The molecule has 3 aromatic rings. The van der Waals surface area contributed by atoms with Gasteiger partial charge in [-0.05, 0) is 25.1 Å². The van der Waals surface area contributed by atoms with Gasteiger partial charge in [-0.2, -0.15) is 0 Å². The van der Waals surface area contributed by atoms with Crippen LogP contribution in [0, 0.1) is 6.92 Å². The molecule has 1 aromatic heterocycles. The van der Waals surface area contributed by atoms with Crippen LogP contribution in [0.4, 0.5) is 11.5 Å². The van der Waals surface area contributed by atoms with E-state index < -0.39 is 0 Å². The molecule has 0 atom stereocenters. The molecular weight excluding hydrogens is 344 g/mol. The maximum absolute atomic E-state index is 6.12. The van der Waals surface area contributed by atoms with Crippen molar-refractivity contribution in [1.29, 1.82) is 0 Å². The molecule has 4 nitrogen and oxygen atoms in total. The third-order valence-electron chi connectivity index (χ3n) is 4.75. The number of anilines is 2. The smallest absolute Gasteiger partial charge is 0.147 e. The number of rotatable bonds is 3. The Balaban J connectivity index is 1.48. The lowest BCUT2D eigenvalue weighted by Crippen LogP contribution is -2.46. The second-order valence-electron chi connectivity index (χ2n) is 6.58. The van der Waals surface area contributed by atoms with Crippen LogP contribution in [0.3, 0.4) is 0 Å². The summed E-state index contributed by atoms with van der Waals surface area (Å²) < 4.78 is 0. The average Bonchev–Trinajstić information content (AvgIpc) is 2.69. The highest BCUT2D eigenvalue weighted by atomic mass is 35.5. The third-order valence-corrected chi connectivity index (χ3v) is 4.98. The van der Waals surface area contributed by atoms with E-state index in [-0.39, 0.29) is 0 Å². The standard InChI is InChI=1S/C21H21ClN4/c1-16-5-7-17(8-6-16)20-14-23-15-21(24-20)26-11-9-25(10-12-26)19-4-2-3-18(22)13-19/h2-8,13-15H,9-12H2,1H3. The maximum atomic E-state index is 6.12. The van der Waals surface area contributed by atoms with Crippen molar-refractivity contribution in [2.45, 2.75) is 6.92 Å². The van der Waals surface area contributed by atoms with Crippen LogP contribution in [0.1, 0.15) is 5.56 Å². The summed E-state index contributed by atoms with van der Waals surface area (Å²) >= 11 is 6.12. The summed E-state index contributed by atoms with van der Waals surface area (Å²) in [5.74, 6) is 0.939. The van der Waals surface area contributed by atoms with Crippen LogP contribution in [-0.4, -0.2) is 36.1 Å².